The molecule has 1 saturated heterocycles. The van der Waals surface area contributed by atoms with Crippen LogP contribution in [-0.4, -0.2) is 13.7 Å². The lowest BCUT2D eigenvalue weighted by atomic mass is 10.0. The Balaban J connectivity index is 1.82. The molecule has 2 aromatic rings. The lowest BCUT2D eigenvalue weighted by molar-refractivity contribution is 0.0880. The molecule has 0 N–H and O–H groups in total. The van der Waals surface area contributed by atoms with Crippen LogP contribution in [0.25, 0.3) is 6.08 Å². The molecule has 0 aliphatic carbocycles. The van der Waals surface area contributed by atoms with Gasteiger partial charge in [-0.2, -0.15) is 0 Å². The van der Waals surface area contributed by atoms with E-state index in [0.717, 1.165) is 16.7 Å². The maximum atomic E-state index is 12.4. The van der Waals surface area contributed by atoms with Gasteiger partial charge in [-0.25, -0.2) is 0 Å². The molecule has 0 amide bonds. The largest absolute Gasteiger partial charge is 0.468 e. The predicted octanol–water partition coefficient (Wildman–Crippen LogP) is 5.41. The summed E-state index contributed by atoms with van der Waals surface area (Å²) >= 11 is 6.04. The number of rotatable bonds is 4. The Morgan fingerprint density at radius 2 is 2.07 bits per heavy atom. The van der Waals surface area contributed by atoms with Crippen molar-refractivity contribution in [2.75, 3.05) is 13.7 Å². The van der Waals surface area contributed by atoms with Gasteiger partial charge in [0, 0.05) is 17.0 Å². The van der Waals surface area contributed by atoms with Crippen LogP contribution in [0.5, 0.6) is 5.95 Å². The molecule has 4 nitrogen and oxygen atoms in total. The van der Waals surface area contributed by atoms with Crippen LogP contribution < -0.4 is 10.2 Å². The maximum Gasteiger partial charge on any atom is 0.291 e. The number of hydrogen-bond donors (Lipinski definition) is 0. The van der Waals surface area contributed by atoms with Crippen LogP contribution in [0.15, 0.2) is 50.7 Å². The van der Waals surface area contributed by atoms with E-state index in [1.54, 1.807) is 13.8 Å². The second kappa shape index (κ2) is 8.15. The van der Waals surface area contributed by atoms with Gasteiger partial charge in [0.05, 0.1) is 19.3 Å². The molecule has 0 radical (unpaired) electrons. The Bertz CT molecular complexity index is 969. The molecule has 1 aromatic carbocycles. The molecular weight excluding hydrogens is 364 g/mol. The highest BCUT2D eigenvalue weighted by Gasteiger charge is 2.28. The first-order valence-electron chi connectivity index (χ1n) is 8.82. The van der Waals surface area contributed by atoms with Crippen LogP contribution in [0.2, 0.25) is 5.02 Å². The van der Waals surface area contributed by atoms with Crippen molar-refractivity contribution in [2.45, 2.75) is 33.3 Å². The molecule has 0 unspecified atom stereocenters. The van der Waals surface area contributed by atoms with Crippen LogP contribution >= 0.6 is 11.6 Å². The van der Waals surface area contributed by atoms with Crippen LogP contribution in [0, 0.1) is 13.8 Å². The summed E-state index contributed by atoms with van der Waals surface area (Å²) in [6.07, 6.45) is 4.58. The van der Waals surface area contributed by atoms with E-state index < -0.39 is 0 Å². The lowest BCUT2D eigenvalue weighted by Crippen LogP contribution is -2.15. The third-order valence-corrected chi connectivity index (χ3v) is 4.86. The highest BCUT2D eigenvalue weighted by Crippen LogP contribution is 2.35. The number of hydrogen-bond acceptors (Lipinski definition) is 4. The summed E-state index contributed by atoms with van der Waals surface area (Å²) in [7, 11) is 1.50. The molecule has 0 saturated carbocycles. The molecule has 1 atom stereocenters. The Labute approximate surface area is 164 Å². The van der Waals surface area contributed by atoms with Crippen molar-refractivity contribution in [2.24, 2.45) is 0 Å². The van der Waals surface area contributed by atoms with Crippen molar-refractivity contribution in [3.05, 3.63) is 79.2 Å². The topological polar surface area (TPSA) is 48.7 Å². The molecule has 142 valence electrons. The Morgan fingerprint density at radius 1 is 1.30 bits per heavy atom. The van der Waals surface area contributed by atoms with E-state index in [1.807, 2.05) is 31.2 Å². The van der Waals surface area contributed by atoms with Crippen LogP contribution in [0.1, 0.15) is 41.9 Å². The van der Waals surface area contributed by atoms with Crippen molar-refractivity contribution in [3.8, 4) is 5.95 Å². The normalized spacial score (nSPS) is 18.9. The van der Waals surface area contributed by atoms with Crippen LogP contribution in [0.3, 0.4) is 0 Å². The van der Waals surface area contributed by atoms with E-state index in [9.17, 15) is 4.79 Å². The van der Waals surface area contributed by atoms with Gasteiger partial charge in [-0.3, -0.25) is 4.79 Å². The first-order valence-corrected chi connectivity index (χ1v) is 9.20. The number of benzene rings is 1. The Hall–Kier alpha value is -2.30. The van der Waals surface area contributed by atoms with E-state index in [0.29, 0.717) is 34.9 Å². The third kappa shape index (κ3) is 4.34. The van der Waals surface area contributed by atoms with Crippen LogP contribution in [-0.2, 0) is 4.74 Å². The quantitative estimate of drug-likeness (QED) is 0.704. The molecule has 0 spiro atoms. The van der Waals surface area contributed by atoms with Gasteiger partial charge in [-0.1, -0.05) is 41.5 Å². The molecule has 5 heteroatoms. The minimum atomic E-state index is -0.280. The monoisotopic (exact) mass is 386 g/mol. The van der Waals surface area contributed by atoms with Gasteiger partial charge < -0.3 is 13.9 Å². The average molecular weight is 387 g/mol. The molecule has 3 rings (SSSR count). The second-order valence-corrected chi connectivity index (χ2v) is 7.22. The zero-order valence-corrected chi connectivity index (χ0v) is 16.7. The van der Waals surface area contributed by atoms with E-state index in [-0.39, 0.29) is 17.5 Å². The van der Waals surface area contributed by atoms with E-state index >= 15 is 0 Å². The summed E-state index contributed by atoms with van der Waals surface area (Å²) in [5.74, 6) is 0.793. The van der Waals surface area contributed by atoms with E-state index in [1.165, 1.54) is 7.11 Å². The standard InChI is InChI=1S/C22H23ClO4/c1-13(8-16-6-5-7-18(23)10-16)9-17-11-19(26-12-17)21-14(2)20(24)15(3)22(25-4)27-21/h5-10,19H,11-12H2,1-4H3/b13-8+,17-9-/t19-/m1/s1. The highest BCUT2D eigenvalue weighted by molar-refractivity contribution is 6.30. The third-order valence-electron chi connectivity index (χ3n) is 4.63. The molecule has 0 bridgehead atoms. The maximum absolute atomic E-state index is 12.4. The summed E-state index contributed by atoms with van der Waals surface area (Å²) in [6, 6.07) is 7.72. The molecule has 1 fully saturated rings. The molecule has 2 heterocycles. The lowest BCUT2D eigenvalue weighted by Gasteiger charge is -2.13. The van der Waals surface area contributed by atoms with Crippen molar-refractivity contribution in [1.29, 1.82) is 0 Å². The first-order chi connectivity index (χ1) is 12.9. The first kappa shape index (κ1) is 19.5. The summed E-state index contributed by atoms with van der Waals surface area (Å²) < 4.78 is 16.9. The van der Waals surface area contributed by atoms with Crippen molar-refractivity contribution < 1.29 is 13.9 Å². The van der Waals surface area contributed by atoms with E-state index in [2.05, 4.69) is 12.2 Å². The minimum absolute atomic E-state index is 0.0637. The summed E-state index contributed by atoms with van der Waals surface area (Å²) in [5.41, 5.74) is 4.30. The fourth-order valence-electron chi connectivity index (χ4n) is 3.30. The SMILES string of the molecule is COc1oc([C@H]2C/C(=C/C(C)=C/c3cccc(Cl)c3)CO2)c(C)c(=O)c1C. The summed E-state index contributed by atoms with van der Waals surface area (Å²) in [4.78, 5) is 12.4. The fourth-order valence-corrected chi connectivity index (χ4v) is 3.49. The molecule has 1 aliphatic rings. The average Bonchev–Trinajstić information content (AvgIpc) is 3.08. The minimum Gasteiger partial charge on any atom is -0.468 e. The second-order valence-electron chi connectivity index (χ2n) is 6.79. The highest BCUT2D eigenvalue weighted by atomic mass is 35.5. The van der Waals surface area contributed by atoms with Crippen molar-refractivity contribution in [3.63, 3.8) is 0 Å². The number of allylic oxidation sites excluding steroid dienone is 2. The molecular formula is C22H23ClO4. The Kier molecular flexibility index (Phi) is 5.88. The number of halogens is 1. The molecule has 1 aromatic heterocycles. The van der Waals surface area contributed by atoms with E-state index in [4.69, 9.17) is 25.5 Å². The van der Waals surface area contributed by atoms with Gasteiger partial charge in [0.1, 0.15) is 11.9 Å². The number of methoxy groups -OCH3 is 1. The molecule has 27 heavy (non-hydrogen) atoms. The smallest absolute Gasteiger partial charge is 0.291 e. The van der Waals surface area contributed by atoms with Crippen molar-refractivity contribution in [1.82, 2.24) is 0 Å². The summed E-state index contributed by atoms with van der Waals surface area (Å²) in [6.45, 7) is 6.02. The van der Waals surface area contributed by atoms with Gasteiger partial charge >= 0.3 is 0 Å². The van der Waals surface area contributed by atoms with Gasteiger partial charge in [-0.05, 0) is 44.0 Å². The molecule has 1 aliphatic heterocycles. The van der Waals surface area contributed by atoms with Gasteiger partial charge in [0.25, 0.3) is 5.95 Å². The van der Waals surface area contributed by atoms with Crippen molar-refractivity contribution >= 4 is 17.7 Å². The zero-order chi connectivity index (χ0) is 19.6. The zero-order valence-electron chi connectivity index (χ0n) is 16.0. The summed E-state index contributed by atoms with van der Waals surface area (Å²) in [5, 5.41) is 0.715. The fraction of sp³-hybridized carbons (Fsp3) is 0.318. The predicted molar refractivity (Wildman–Crippen MR) is 108 cm³/mol. The number of ether oxygens (including phenoxy) is 2. The van der Waals surface area contributed by atoms with Gasteiger partial charge in [0.15, 0.2) is 5.43 Å². The van der Waals surface area contributed by atoms with Gasteiger partial charge in [0.2, 0.25) is 0 Å². The Morgan fingerprint density at radius 3 is 2.78 bits per heavy atom. The van der Waals surface area contributed by atoms with Gasteiger partial charge in [-0.15, -0.1) is 0 Å². The van der Waals surface area contributed by atoms with Crippen LogP contribution in [0.4, 0.5) is 0 Å².